The number of amides is 2. The van der Waals surface area contributed by atoms with Gasteiger partial charge in [0.1, 0.15) is 6.04 Å². The van der Waals surface area contributed by atoms with Crippen LogP contribution in [0.2, 0.25) is 0 Å². The summed E-state index contributed by atoms with van der Waals surface area (Å²) in [5.74, 6) is 0.488. The smallest absolute Gasteiger partial charge is 0.326 e. The van der Waals surface area contributed by atoms with Crippen molar-refractivity contribution in [2.75, 3.05) is 25.1 Å². The lowest BCUT2D eigenvalue weighted by Gasteiger charge is -2.33. The van der Waals surface area contributed by atoms with Crippen LogP contribution in [0.4, 0.5) is 4.79 Å². The molecule has 1 rings (SSSR count). The highest BCUT2D eigenvalue weighted by atomic mass is 32.2. The fourth-order valence-electron chi connectivity index (χ4n) is 2.14. The molecule has 1 aliphatic heterocycles. The average molecular weight is 274 g/mol. The lowest BCUT2D eigenvalue weighted by Crippen LogP contribution is -2.52. The van der Waals surface area contributed by atoms with E-state index in [2.05, 4.69) is 12.2 Å². The Balaban J connectivity index is 2.45. The second-order valence-corrected chi connectivity index (χ2v) is 5.70. The van der Waals surface area contributed by atoms with Crippen molar-refractivity contribution in [2.45, 2.75) is 32.2 Å². The molecular formula is C12H22N2O3S. The number of hydrogen-bond acceptors (Lipinski definition) is 3. The van der Waals surface area contributed by atoms with E-state index in [1.165, 1.54) is 4.90 Å². The number of likely N-dealkylation sites (tertiary alicyclic amines) is 1. The first-order valence-corrected chi connectivity index (χ1v) is 7.71. The van der Waals surface area contributed by atoms with Crippen LogP contribution in [0.15, 0.2) is 0 Å². The number of thioether (sulfide) groups is 1. The lowest BCUT2D eigenvalue weighted by molar-refractivity contribution is -0.143. The molecule has 2 N–H and O–H groups in total. The molecule has 0 bridgehead atoms. The number of hydrogen-bond donors (Lipinski definition) is 2. The van der Waals surface area contributed by atoms with E-state index in [0.717, 1.165) is 18.6 Å². The minimum Gasteiger partial charge on any atom is -0.480 e. The summed E-state index contributed by atoms with van der Waals surface area (Å²) in [4.78, 5) is 24.5. The summed E-state index contributed by atoms with van der Waals surface area (Å²) < 4.78 is 0. The summed E-state index contributed by atoms with van der Waals surface area (Å²) in [7, 11) is 0. The van der Waals surface area contributed by atoms with Gasteiger partial charge in [-0.2, -0.15) is 11.8 Å². The van der Waals surface area contributed by atoms with Crippen molar-refractivity contribution in [1.29, 1.82) is 0 Å². The molecule has 1 heterocycles. The van der Waals surface area contributed by atoms with Gasteiger partial charge < -0.3 is 15.3 Å². The van der Waals surface area contributed by atoms with Gasteiger partial charge in [0.25, 0.3) is 0 Å². The summed E-state index contributed by atoms with van der Waals surface area (Å²) >= 11 is 1.74. The number of carbonyl (C=O) groups is 2. The molecule has 0 aromatic carbocycles. The molecule has 2 amide bonds. The van der Waals surface area contributed by atoms with Crippen LogP contribution in [0.5, 0.6) is 0 Å². The number of carbonyl (C=O) groups excluding carboxylic acids is 1. The quantitative estimate of drug-likeness (QED) is 0.799. The number of nitrogens with zero attached hydrogens (tertiary/aromatic N) is 1. The van der Waals surface area contributed by atoms with Gasteiger partial charge in [-0.05, 0) is 37.2 Å². The Morgan fingerprint density at radius 1 is 1.50 bits per heavy atom. The zero-order valence-electron chi connectivity index (χ0n) is 11.0. The Labute approximate surface area is 112 Å². The van der Waals surface area contributed by atoms with E-state index >= 15 is 0 Å². The summed E-state index contributed by atoms with van der Waals surface area (Å²) in [6, 6.07) is -0.898. The Bertz CT molecular complexity index is 299. The van der Waals surface area contributed by atoms with Gasteiger partial charge >= 0.3 is 12.0 Å². The maximum absolute atomic E-state index is 12.0. The maximum atomic E-state index is 12.0. The number of aliphatic carboxylic acids is 1. The standard InChI is InChI=1S/C12H22N2O3S/c1-9(8-18-2)7-13-12(17)14-6-4-3-5-10(14)11(15)16/h9-10H,3-8H2,1-2H3,(H,13,17)(H,15,16). The topological polar surface area (TPSA) is 69.6 Å². The van der Waals surface area contributed by atoms with Crippen LogP contribution >= 0.6 is 11.8 Å². The Hall–Kier alpha value is -0.910. The second kappa shape index (κ2) is 7.51. The van der Waals surface area contributed by atoms with Crippen LogP contribution in [0.3, 0.4) is 0 Å². The molecule has 2 atom stereocenters. The van der Waals surface area contributed by atoms with Crippen LogP contribution in [0, 0.1) is 5.92 Å². The number of piperidine rings is 1. The minimum absolute atomic E-state index is 0.241. The first kappa shape index (κ1) is 15.1. The van der Waals surface area contributed by atoms with Crippen molar-refractivity contribution < 1.29 is 14.7 Å². The van der Waals surface area contributed by atoms with Gasteiger partial charge in [-0.25, -0.2) is 9.59 Å². The van der Waals surface area contributed by atoms with Crippen molar-refractivity contribution in [3.8, 4) is 0 Å². The highest BCUT2D eigenvalue weighted by Gasteiger charge is 2.31. The third-order valence-electron chi connectivity index (χ3n) is 3.10. The van der Waals surface area contributed by atoms with Crippen molar-refractivity contribution in [3.05, 3.63) is 0 Å². The van der Waals surface area contributed by atoms with Crippen molar-refractivity contribution in [3.63, 3.8) is 0 Å². The van der Waals surface area contributed by atoms with Crippen molar-refractivity contribution in [1.82, 2.24) is 10.2 Å². The van der Waals surface area contributed by atoms with E-state index in [4.69, 9.17) is 5.11 Å². The van der Waals surface area contributed by atoms with Crippen molar-refractivity contribution >= 4 is 23.8 Å². The van der Waals surface area contributed by atoms with Gasteiger partial charge in [0.05, 0.1) is 0 Å². The van der Waals surface area contributed by atoms with E-state index in [1.807, 2.05) is 6.26 Å². The van der Waals surface area contributed by atoms with Gasteiger partial charge in [-0.15, -0.1) is 0 Å². The predicted molar refractivity (Wildman–Crippen MR) is 72.9 cm³/mol. The summed E-state index contributed by atoms with van der Waals surface area (Å²) in [6.45, 7) is 3.21. The minimum atomic E-state index is -0.901. The molecule has 1 saturated heterocycles. The number of nitrogens with one attached hydrogen (secondary N) is 1. The van der Waals surface area contributed by atoms with E-state index in [9.17, 15) is 9.59 Å². The fourth-order valence-corrected chi connectivity index (χ4v) is 2.82. The first-order chi connectivity index (χ1) is 8.56. The molecule has 104 valence electrons. The molecule has 0 aromatic heterocycles. The average Bonchev–Trinajstić information content (AvgIpc) is 2.36. The van der Waals surface area contributed by atoms with Crippen LogP contribution < -0.4 is 5.32 Å². The first-order valence-electron chi connectivity index (χ1n) is 6.32. The number of carboxylic acid groups (broad SMARTS) is 1. The number of rotatable bonds is 5. The van der Waals surface area contributed by atoms with E-state index in [-0.39, 0.29) is 6.03 Å². The van der Waals surface area contributed by atoms with Crippen LogP contribution in [0.25, 0.3) is 0 Å². The Morgan fingerprint density at radius 2 is 2.22 bits per heavy atom. The largest absolute Gasteiger partial charge is 0.480 e. The Kier molecular flexibility index (Phi) is 6.32. The maximum Gasteiger partial charge on any atom is 0.326 e. The zero-order valence-corrected chi connectivity index (χ0v) is 11.8. The second-order valence-electron chi connectivity index (χ2n) is 4.79. The highest BCUT2D eigenvalue weighted by molar-refractivity contribution is 7.98. The molecule has 1 fully saturated rings. The molecule has 18 heavy (non-hydrogen) atoms. The van der Waals surface area contributed by atoms with E-state index in [1.54, 1.807) is 11.8 Å². The summed E-state index contributed by atoms with van der Waals surface area (Å²) in [6.07, 6.45) is 4.35. The van der Waals surface area contributed by atoms with Gasteiger partial charge in [-0.1, -0.05) is 6.92 Å². The third-order valence-corrected chi connectivity index (χ3v) is 4.00. The van der Waals surface area contributed by atoms with E-state index in [0.29, 0.717) is 25.4 Å². The fraction of sp³-hybridized carbons (Fsp3) is 0.833. The predicted octanol–water partition coefficient (Wildman–Crippen LogP) is 1.63. The van der Waals surface area contributed by atoms with Crippen molar-refractivity contribution in [2.24, 2.45) is 5.92 Å². The van der Waals surface area contributed by atoms with Crippen LogP contribution in [0.1, 0.15) is 26.2 Å². The molecule has 0 spiro atoms. The van der Waals surface area contributed by atoms with E-state index < -0.39 is 12.0 Å². The number of carboxylic acids is 1. The summed E-state index contributed by atoms with van der Waals surface area (Å²) in [5, 5.41) is 11.9. The van der Waals surface area contributed by atoms with Gasteiger partial charge in [0.15, 0.2) is 0 Å². The Morgan fingerprint density at radius 3 is 2.83 bits per heavy atom. The molecule has 2 unspecified atom stereocenters. The normalized spacial score (nSPS) is 21.4. The molecule has 0 aromatic rings. The van der Waals surface area contributed by atoms with Crippen LogP contribution in [-0.4, -0.2) is 53.1 Å². The van der Waals surface area contributed by atoms with Gasteiger partial charge in [0.2, 0.25) is 0 Å². The molecule has 1 aliphatic rings. The van der Waals surface area contributed by atoms with Gasteiger partial charge in [-0.3, -0.25) is 0 Å². The SMILES string of the molecule is CSCC(C)CNC(=O)N1CCCCC1C(=O)O. The molecular weight excluding hydrogens is 252 g/mol. The number of urea groups is 1. The van der Waals surface area contributed by atoms with Crippen LogP contribution in [-0.2, 0) is 4.79 Å². The molecule has 0 radical (unpaired) electrons. The monoisotopic (exact) mass is 274 g/mol. The third kappa shape index (κ3) is 4.40. The zero-order chi connectivity index (χ0) is 13.5. The van der Waals surface area contributed by atoms with Gasteiger partial charge in [0, 0.05) is 13.1 Å². The lowest BCUT2D eigenvalue weighted by atomic mass is 10.0. The molecule has 5 nitrogen and oxygen atoms in total. The molecule has 0 saturated carbocycles. The molecule has 0 aliphatic carbocycles. The highest BCUT2D eigenvalue weighted by Crippen LogP contribution is 2.17. The summed E-state index contributed by atoms with van der Waals surface area (Å²) in [5.41, 5.74) is 0. The molecule has 6 heteroatoms.